The van der Waals surface area contributed by atoms with Crippen molar-refractivity contribution in [1.29, 1.82) is 0 Å². The zero-order valence-corrected chi connectivity index (χ0v) is 11.1. The first kappa shape index (κ1) is 14.9. The van der Waals surface area contributed by atoms with Crippen LogP contribution in [0.1, 0.15) is 32.3 Å². The molecule has 1 N–H and O–H groups in total. The molecule has 102 valence electrons. The van der Waals surface area contributed by atoms with Crippen LogP contribution < -0.4 is 5.32 Å². The molecule has 0 fully saturated rings. The number of nitro groups is 1. The monoisotopic (exact) mass is 262 g/mol. The molecule has 0 radical (unpaired) electrons. The molecule has 5 heteroatoms. The molecule has 0 spiro atoms. The van der Waals surface area contributed by atoms with Gasteiger partial charge in [0.15, 0.2) is 0 Å². The summed E-state index contributed by atoms with van der Waals surface area (Å²) in [7, 11) is 0. The Kier molecular flexibility index (Phi) is 5.73. The van der Waals surface area contributed by atoms with Gasteiger partial charge in [0.05, 0.1) is 10.5 Å². The van der Waals surface area contributed by atoms with E-state index < -0.39 is 4.92 Å². The summed E-state index contributed by atoms with van der Waals surface area (Å²) in [5, 5.41) is 13.6. The highest BCUT2D eigenvalue weighted by Gasteiger charge is 2.10. The molecule has 0 heterocycles. The number of amides is 1. The van der Waals surface area contributed by atoms with Crippen molar-refractivity contribution in [3.05, 3.63) is 46.0 Å². The third-order valence-electron chi connectivity index (χ3n) is 2.66. The van der Waals surface area contributed by atoms with E-state index in [1.54, 1.807) is 18.2 Å². The molecule has 5 nitrogen and oxygen atoms in total. The Balaban J connectivity index is 2.71. The summed E-state index contributed by atoms with van der Waals surface area (Å²) in [5.74, 6) is -0.237. The quantitative estimate of drug-likeness (QED) is 0.486. The zero-order chi connectivity index (χ0) is 14.3. The summed E-state index contributed by atoms with van der Waals surface area (Å²) >= 11 is 0. The summed E-state index contributed by atoms with van der Waals surface area (Å²) in [6.07, 6.45) is 4.70. The number of hydrogen-bond acceptors (Lipinski definition) is 3. The number of benzene rings is 1. The van der Waals surface area contributed by atoms with Gasteiger partial charge in [0.25, 0.3) is 5.69 Å². The topological polar surface area (TPSA) is 72.2 Å². The average Bonchev–Trinajstić information content (AvgIpc) is 2.36. The van der Waals surface area contributed by atoms with E-state index in [4.69, 9.17) is 0 Å². The highest BCUT2D eigenvalue weighted by Crippen LogP contribution is 2.18. The first-order chi connectivity index (χ1) is 9.04. The van der Waals surface area contributed by atoms with Gasteiger partial charge in [0.1, 0.15) is 0 Å². The summed E-state index contributed by atoms with van der Waals surface area (Å²) in [6, 6.07) is 6.42. The molecular formula is C14H18N2O3. The Morgan fingerprint density at radius 2 is 2.16 bits per heavy atom. The lowest BCUT2D eigenvalue weighted by molar-refractivity contribution is -0.385. The van der Waals surface area contributed by atoms with E-state index in [0.717, 1.165) is 12.8 Å². The fourth-order valence-electron chi connectivity index (χ4n) is 1.76. The number of para-hydroxylation sites is 1. The second-order valence-corrected chi connectivity index (χ2v) is 4.35. The molecule has 0 aliphatic heterocycles. The molecule has 1 aromatic carbocycles. The maximum Gasteiger partial charge on any atom is 0.276 e. The predicted octanol–water partition coefficient (Wildman–Crippen LogP) is 2.91. The highest BCUT2D eigenvalue weighted by molar-refractivity contribution is 5.92. The van der Waals surface area contributed by atoms with Gasteiger partial charge in [-0.25, -0.2) is 0 Å². The zero-order valence-electron chi connectivity index (χ0n) is 11.1. The van der Waals surface area contributed by atoms with Crippen LogP contribution in [-0.4, -0.2) is 16.9 Å². The minimum Gasteiger partial charge on any atom is -0.350 e. The molecule has 19 heavy (non-hydrogen) atoms. The summed E-state index contributed by atoms with van der Waals surface area (Å²) in [4.78, 5) is 22.0. The predicted molar refractivity (Wildman–Crippen MR) is 74.6 cm³/mol. The standard InChI is InChI=1S/C14H18N2O3/c1-3-6-11(2)15-14(17)10-9-12-7-4-5-8-13(12)16(18)19/h4-5,7-11H,3,6H2,1-2H3,(H,15,17)/b10-9+. The van der Waals surface area contributed by atoms with Crippen molar-refractivity contribution >= 4 is 17.7 Å². The van der Waals surface area contributed by atoms with Gasteiger partial charge in [-0.1, -0.05) is 25.5 Å². The van der Waals surface area contributed by atoms with Crippen LogP contribution in [0.5, 0.6) is 0 Å². The molecule has 1 amide bonds. The van der Waals surface area contributed by atoms with E-state index in [1.165, 1.54) is 18.2 Å². The lowest BCUT2D eigenvalue weighted by atomic mass is 10.1. The summed E-state index contributed by atoms with van der Waals surface area (Å²) in [6.45, 7) is 3.98. The second kappa shape index (κ2) is 7.31. The van der Waals surface area contributed by atoms with Gasteiger partial charge in [-0.2, -0.15) is 0 Å². The van der Waals surface area contributed by atoms with Gasteiger partial charge in [0.2, 0.25) is 5.91 Å². The van der Waals surface area contributed by atoms with E-state index in [9.17, 15) is 14.9 Å². The molecule has 0 aliphatic carbocycles. The molecule has 0 aliphatic rings. The van der Waals surface area contributed by atoms with Crippen LogP contribution in [0.4, 0.5) is 5.69 Å². The van der Waals surface area contributed by atoms with Crippen molar-refractivity contribution in [2.75, 3.05) is 0 Å². The Labute approximate surface area is 112 Å². The second-order valence-electron chi connectivity index (χ2n) is 4.35. The Bertz CT molecular complexity index is 483. The van der Waals surface area contributed by atoms with Crippen LogP contribution in [0.2, 0.25) is 0 Å². The Hall–Kier alpha value is -2.17. The van der Waals surface area contributed by atoms with E-state index in [2.05, 4.69) is 5.32 Å². The van der Waals surface area contributed by atoms with Gasteiger partial charge in [-0.3, -0.25) is 14.9 Å². The van der Waals surface area contributed by atoms with Gasteiger partial charge in [0, 0.05) is 18.2 Å². The first-order valence-electron chi connectivity index (χ1n) is 6.26. The molecular weight excluding hydrogens is 244 g/mol. The molecule has 1 aromatic rings. The number of carbonyl (C=O) groups is 1. The van der Waals surface area contributed by atoms with Crippen LogP contribution in [-0.2, 0) is 4.79 Å². The van der Waals surface area contributed by atoms with Crippen molar-refractivity contribution in [2.45, 2.75) is 32.7 Å². The van der Waals surface area contributed by atoms with Gasteiger partial charge in [-0.15, -0.1) is 0 Å². The maximum atomic E-state index is 11.6. The van der Waals surface area contributed by atoms with E-state index in [0.29, 0.717) is 5.56 Å². The van der Waals surface area contributed by atoms with Crippen molar-refractivity contribution in [2.24, 2.45) is 0 Å². The lowest BCUT2D eigenvalue weighted by Gasteiger charge is -2.10. The number of hydrogen-bond donors (Lipinski definition) is 1. The van der Waals surface area contributed by atoms with Crippen molar-refractivity contribution in [3.63, 3.8) is 0 Å². The minimum absolute atomic E-state index is 0.00634. The van der Waals surface area contributed by atoms with Crippen molar-refractivity contribution in [1.82, 2.24) is 5.32 Å². The van der Waals surface area contributed by atoms with Crippen molar-refractivity contribution < 1.29 is 9.72 Å². The number of nitrogens with one attached hydrogen (secondary N) is 1. The third kappa shape index (κ3) is 4.91. The average molecular weight is 262 g/mol. The largest absolute Gasteiger partial charge is 0.350 e. The lowest BCUT2D eigenvalue weighted by Crippen LogP contribution is -2.30. The minimum atomic E-state index is -0.461. The number of carbonyl (C=O) groups excluding carboxylic acids is 1. The molecule has 0 saturated carbocycles. The van der Waals surface area contributed by atoms with Gasteiger partial charge < -0.3 is 5.32 Å². The first-order valence-corrected chi connectivity index (χ1v) is 6.26. The van der Waals surface area contributed by atoms with Crippen LogP contribution >= 0.6 is 0 Å². The fourth-order valence-corrected chi connectivity index (χ4v) is 1.76. The molecule has 0 bridgehead atoms. The van der Waals surface area contributed by atoms with Gasteiger partial charge in [-0.05, 0) is 25.5 Å². The van der Waals surface area contributed by atoms with Crippen LogP contribution in [0.15, 0.2) is 30.3 Å². The summed E-state index contributed by atoms with van der Waals surface area (Å²) < 4.78 is 0. The van der Waals surface area contributed by atoms with Crippen LogP contribution in [0, 0.1) is 10.1 Å². The van der Waals surface area contributed by atoms with E-state index >= 15 is 0 Å². The number of rotatable bonds is 6. The highest BCUT2D eigenvalue weighted by atomic mass is 16.6. The maximum absolute atomic E-state index is 11.6. The van der Waals surface area contributed by atoms with E-state index in [-0.39, 0.29) is 17.6 Å². The number of nitrogens with zero attached hydrogens (tertiary/aromatic N) is 1. The molecule has 1 atom stereocenters. The molecule has 1 unspecified atom stereocenters. The molecule has 0 saturated heterocycles. The van der Waals surface area contributed by atoms with Crippen LogP contribution in [0.25, 0.3) is 6.08 Å². The number of nitro benzene ring substituents is 1. The molecule has 1 rings (SSSR count). The SMILES string of the molecule is CCCC(C)NC(=O)/C=C/c1ccccc1[N+](=O)[O-]. The van der Waals surface area contributed by atoms with Gasteiger partial charge >= 0.3 is 0 Å². The Morgan fingerprint density at radius 1 is 1.47 bits per heavy atom. The Morgan fingerprint density at radius 3 is 2.79 bits per heavy atom. The smallest absolute Gasteiger partial charge is 0.276 e. The fraction of sp³-hybridized carbons (Fsp3) is 0.357. The van der Waals surface area contributed by atoms with Crippen LogP contribution in [0.3, 0.4) is 0 Å². The van der Waals surface area contributed by atoms with E-state index in [1.807, 2.05) is 13.8 Å². The third-order valence-corrected chi connectivity index (χ3v) is 2.66. The van der Waals surface area contributed by atoms with Crippen molar-refractivity contribution in [3.8, 4) is 0 Å². The molecule has 0 aromatic heterocycles. The summed E-state index contributed by atoms with van der Waals surface area (Å²) in [5.41, 5.74) is 0.416. The normalized spacial score (nSPS) is 12.3.